The first-order valence-electron chi connectivity index (χ1n) is 5.81. The van der Waals surface area contributed by atoms with E-state index < -0.39 is 0 Å². The molecule has 84 valence electrons. The Bertz CT molecular complexity index is 592. The van der Waals surface area contributed by atoms with E-state index in [-0.39, 0.29) is 0 Å². The fraction of sp³-hybridized carbons (Fsp3) is 0.308. The zero-order valence-electron chi connectivity index (χ0n) is 9.43. The molecule has 0 saturated carbocycles. The van der Waals surface area contributed by atoms with E-state index in [9.17, 15) is 0 Å². The molecule has 0 radical (unpaired) electrons. The second-order valence-corrected chi connectivity index (χ2v) is 4.20. The standard InChI is InChI=1S/C13H12N4/c14-8-10-4-3-7-15-13(10)17-9-16-11-5-1-2-6-12(11)17/h3-4,7,9H,1-2,5-6H2. The minimum atomic E-state index is 0.596. The summed E-state index contributed by atoms with van der Waals surface area (Å²) in [5.41, 5.74) is 2.97. The third kappa shape index (κ3) is 1.60. The van der Waals surface area contributed by atoms with Gasteiger partial charge in [-0.3, -0.25) is 4.57 Å². The molecule has 1 aliphatic rings. The maximum Gasteiger partial charge on any atom is 0.156 e. The quantitative estimate of drug-likeness (QED) is 0.744. The zero-order chi connectivity index (χ0) is 11.7. The molecule has 1 aliphatic carbocycles. The van der Waals surface area contributed by atoms with Gasteiger partial charge in [0, 0.05) is 11.9 Å². The van der Waals surface area contributed by atoms with Crippen LogP contribution in [0.15, 0.2) is 24.7 Å². The van der Waals surface area contributed by atoms with Gasteiger partial charge >= 0.3 is 0 Å². The predicted octanol–water partition coefficient (Wildman–Crippen LogP) is 2.02. The van der Waals surface area contributed by atoms with Crippen LogP contribution in [0.25, 0.3) is 5.82 Å². The van der Waals surface area contributed by atoms with Crippen LogP contribution >= 0.6 is 0 Å². The van der Waals surface area contributed by atoms with Gasteiger partial charge in [0.05, 0.1) is 11.3 Å². The van der Waals surface area contributed by atoms with Gasteiger partial charge in [0.2, 0.25) is 0 Å². The van der Waals surface area contributed by atoms with Gasteiger partial charge in [-0.15, -0.1) is 0 Å². The molecule has 0 saturated heterocycles. The van der Waals surface area contributed by atoms with Gasteiger partial charge in [0.1, 0.15) is 12.4 Å². The van der Waals surface area contributed by atoms with E-state index >= 15 is 0 Å². The van der Waals surface area contributed by atoms with Crippen LogP contribution in [-0.2, 0) is 12.8 Å². The third-order valence-corrected chi connectivity index (χ3v) is 3.17. The number of aryl methyl sites for hydroxylation is 1. The molecule has 0 aromatic carbocycles. The van der Waals surface area contributed by atoms with Crippen molar-refractivity contribution in [2.45, 2.75) is 25.7 Å². The summed E-state index contributed by atoms with van der Waals surface area (Å²) in [6, 6.07) is 5.75. The molecular weight excluding hydrogens is 212 g/mol. The minimum Gasteiger partial charge on any atom is -0.286 e. The summed E-state index contributed by atoms with van der Waals surface area (Å²) in [4.78, 5) is 8.72. The Morgan fingerprint density at radius 2 is 2.12 bits per heavy atom. The largest absolute Gasteiger partial charge is 0.286 e. The molecule has 0 spiro atoms. The highest BCUT2D eigenvalue weighted by Crippen LogP contribution is 2.23. The topological polar surface area (TPSA) is 54.5 Å². The lowest BCUT2D eigenvalue weighted by molar-refractivity contribution is 0.654. The molecule has 0 bridgehead atoms. The Kier molecular flexibility index (Phi) is 2.37. The van der Waals surface area contributed by atoms with Crippen molar-refractivity contribution in [3.8, 4) is 11.9 Å². The number of nitrogens with zero attached hydrogens (tertiary/aromatic N) is 4. The monoisotopic (exact) mass is 224 g/mol. The van der Waals surface area contributed by atoms with Gasteiger partial charge in [0.15, 0.2) is 5.82 Å². The Labute approximate surface area is 99.6 Å². The summed E-state index contributed by atoms with van der Waals surface area (Å²) in [6.45, 7) is 0. The molecule has 3 rings (SSSR count). The maximum absolute atomic E-state index is 9.10. The maximum atomic E-state index is 9.10. The molecule has 0 fully saturated rings. The van der Waals surface area contributed by atoms with Gasteiger partial charge < -0.3 is 0 Å². The van der Waals surface area contributed by atoms with Crippen molar-refractivity contribution in [1.29, 1.82) is 5.26 Å². The van der Waals surface area contributed by atoms with Crippen molar-refractivity contribution >= 4 is 0 Å². The number of nitriles is 1. The number of pyridine rings is 1. The second-order valence-electron chi connectivity index (χ2n) is 4.20. The Hall–Kier alpha value is -2.15. The van der Waals surface area contributed by atoms with E-state index in [2.05, 4.69) is 16.0 Å². The molecule has 2 heterocycles. The molecule has 0 amide bonds. The highest BCUT2D eigenvalue weighted by atomic mass is 15.1. The van der Waals surface area contributed by atoms with Crippen molar-refractivity contribution in [3.05, 3.63) is 41.6 Å². The van der Waals surface area contributed by atoms with E-state index in [0.29, 0.717) is 11.4 Å². The summed E-state index contributed by atoms with van der Waals surface area (Å²) >= 11 is 0. The average molecular weight is 224 g/mol. The molecule has 2 aromatic heterocycles. The number of fused-ring (bicyclic) bond motifs is 1. The first-order valence-corrected chi connectivity index (χ1v) is 5.81. The van der Waals surface area contributed by atoms with Gasteiger partial charge in [0.25, 0.3) is 0 Å². The third-order valence-electron chi connectivity index (χ3n) is 3.17. The molecule has 4 heteroatoms. The molecule has 2 aromatic rings. The van der Waals surface area contributed by atoms with Crippen LogP contribution in [0, 0.1) is 11.3 Å². The Morgan fingerprint density at radius 3 is 3.00 bits per heavy atom. The van der Waals surface area contributed by atoms with Crippen LogP contribution in [0.4, 0.5) is 0 Å². The number of rotatable bonds is 1. The van der Waals surface area contributed by atoms with Gasteiger partial charge in [-0.05, 0) is 37.8 Å². The van der Waals surface area contributed by atoms with E-state index in [1.807, 2.05) is 4.57 Å². The SMILES string of the molecule is N#Cc1cccnc1-n1cnc2c1CCCC2. The average Bonchev–Trinajstić information content (AvgIpc) is 2.82. The molecule has 17 heavy (non-hydrogen) atoms. The van der Waals surface area contributed by atoms with Gasteiger partial charge in [-0.1, -0.05) is 0 Å². The summed E-state index contributed by atoms with van der Waals surface area (Å²) in [6.07, 6.45) is 7.96. The van der Waals surface area contributed by atoms with Gasteiger partial charge in [-0.25, -0.2) is 9.97 Å². The lowest BCUT2D eigenvalue weighted by Gasteiger charge is -2.13. The van der Waals surface area contributed by atoms with Crippen LogP contribution in [0.1, 0.15) is 29.8 Å². The molecular formula is C13H12N4. The van der Waals surface area contributed by atoms with E-state index in [1.165, 1.54) is 18.5 Å². The second kappa shape index (κ2) is 4.02. The van der Waals surface area contributed by atoms with Crippen molar-refractivity contribution < 1.29 is 0 Å². The highest BCUT2D eigenvalue weighted by Gasteiger charge is 2.17. The minimum absolute atomic E-state index is 0.596. The van der Waals surface area contributed by atoms with Crippen molar-refractivity contribution in [2.75, 3.05) is 0 Å². The van der Waals surface area contributed by atoms with Crippen LogP contribution in [0.3, 0.4) is 0 Å². The van der Waals surface area contributed by atoms with Gasteiger partial charge in [-0.2, -0.15) is 5.26 Å². The molecule has 0 atom stereocenters. The normalized spacial score (nSPS) is 14.1. The number of hydrogen-bond acceptors (Lipinski definition) is 3. The number of aromatic nitrogens is 3. The number of imidazole rings is 1. The first kappa shape index (κ1) is 10.0. The van der Waals surface area contributed by atoms with Crippen LogP contribution in [0.5, 0.6) is 0 Å². The Morgan fingerprint density at radius 1 is 1.24 bits per heavy atom. The van der Waals surface area contributed by atoms with E-state index in [0.717, 1.165) is 18.5 Å². The van der Waals surface area contributed by atoms with Crippen molar-refractivity contribution in [2.24, 2.45) is 0 Å². The van der Waals surface area contributed by atoms with Crippen LogP contribution < -0.4 is 0 Å². The van der Waals surface area contributed by atoms with Crippen LogP contribution in [-0.4, -0.2) is 14.5 Å². The smallest absolute Gasteiger partial charge is 0.156 e. The molecule has 0 unspecified atom stereocenters. The fourth-order valence-electron chi connectivity index (χ4n) is 2.33. The number of hydrogen-bond donors (Lipinski definition) is 0. The predicted molar refractivity (Wildman–Crippen MR) is 62.7 cm³/mol. The summed E-state index contributed by atoms with van der Waals surface area (Å²) < 4.78 is 1.97. The molecule has 0 aliphatic heterocycles. The van der Waals surface area contributed by atoms with Crippen molar-refractivity contribution in [1.82, 2.24) is 14.5 Å². The lowest BCUT2D eigenvalue weighted by Crippen LogP contribution is -2.08. The fourth-order valence-corrected chi connectivity index (χ4v) is 2.33. The zero-order valence-corrected chi connectivity index (χ0v) is 9.43. The van der Waals surface area contributed by atoms with E-state index in [1.54, 1.807) is 24.7 Å². The van der Waals surface area contributed by atoms with Crippen LogP contribution in [0.2, 0.25) is 0 Å². The Balaban J connectivity index is 2.16. The first-order chi connectivity index (χ1) is 8.40. The molecule has 0 N–H and O–H groups in total. The summed E-state index contributed by atoms with van der Waals surface area (Å²) in [5.74, 6) is 0.700. The van der Waals surface area contributed by atoms with Crippen molar-refractivity contribution in [3.63, 3.8) is 0 Å². The lowest BCUT2D eigenvalue weighted by atomic mass is 10.0. The summed E-state index contributed by atoms with van der Waals surface area (Å²) in [7, 11) is 0. The van der Waals surface area contributed by atoms with E-state index in [4.69, 9.17) is 5.26 Å². The summed E-state index contributed by atoms with van der Waals surface area (Å²) in [5, 5.41) is 9.10. The highest BCUT2D eigenvalue weighted by molar-refractivity contribution is 5.44. The molecule has 4 nitrogen and oxygen atoms in total.